The van der Waals surface area contributed by atoms with E-state index >= 15 is 0 Å². The lowest BCUT2D eigenvalue weighted by Gasteiger charge is -2.16. The van der Waals surface area contributed by atoms with Crippen LogP contribution in [0.5, 0.6) is 5.75 Å². The van der Waals surface area contributed by atoms with Crippen molar-refractivity contribution >= 4 is 16.8 Å². The first-order valence-electron chi connectivity index (χ1n) is 9.05. The second-order valence-corrected chi connectivity index (χ2v) is 6.65. The van der Waals surface area contributed by atoms with Crippen LogP contribution in [0.25, 0.3) is 10.9 Å². The number of hydrogen-bond donors (Lipinski definition) is 2. The van der Waals surface area contributed by atoms with Crippen LogP contribution in [0.15, 0.2) is 54.7 Å². The number of rotatable bonds is 9. The Morgan fingerprint density at radius 1 is 1.18 bits per heavy atom. The number of H-pyrrole nitrogens is 1. The van der Waals surface area contributed by atoms with Gasteiger partial charge in [0.1, 0.15) is 5.75 Å². The van der Waals surface area contributed by atoms with Crippen molar-refractivity contribution in [3.63, 3.8) is 0 Å². The number of nitrogens with zero attached hydrogens (tertiary/aromatic N) is 1. The summed E-state index contributed by atoms with van der Waals surface area (Å²) in [6, 6.07) is 14.5. The number of amides is 1. The van der Waals surface area contributed by atoms with Gasteiger partial charge in [-0.1, -0.05) is 30.3 Å². The molecule has 0 aliphatic rings. The number of benzene rings is 2. The van der Waals surface area contributed by atoms with Gasteiger partial charge in [0.25, 0.3) is 0 Å². The van der Waals surface area contributed by atoms with E-state index in [-0.39, 0.29) is 18.2 Å². The van der Waals surface area contributed by atoms with Crippen LogP contribution in [0.1, 0.15) is 11.1 Å². The van der Waals surface area contributed by atoms with Crippen molar-refractivity contribution in [3.05, 3.63) is 65.9 Å². The van der Waals surface area contributed by atoms with E-state index in [2.05, 4.69) is 21.1 Å². The van der Waals surface area contributed by atoms with Gasteiger partial charge in [0.05, 0.1) is 6.54 Å². The highest BCUT2D eigenvalue weighted by Gasteiger charge is 2.09. The molecule has 0 atom stereocenters. The van der Waals surface area contributed by atoms with E-state index < -0.39 is 6.61 Å². The minimum atomic E-state index is -2.83. The molecular weight excluding hydrogens is 364 g/mol. The standard InChI is InChI=1S/C21H23F2N3O2/c1-26(13-15-6-8-17(9-7-15)28-21(22)23)14-20(27)24-11-10-16-12-25-19-5-3-2-4-18(16)19/h2-9,12,21,25H,10-11,13-14H2,1H3,(H,24,27). The molecular formula is C21H23F2N3O2. The van der Waals surface area contributed by atoms with E-state index in [1.54, 1.807) is 12.1 Å². The van der Waals surface area contributed by atoms with E-state index in [1.165, 1.54) is 23.1 Å². The second-order valence-electron chi connectivity index (χ2n) is 6.65. The number of fused-ring (bicyclic) bond motifs is 1. The van der Waals surface area contributed by atoms with Crippen LogP contribution in [-0.2, 0) is 17.8 Å². The lowest BCUT2D eigenvalue weighted by Crippen LogP contribution is -2.35. The van der Waals surface area contributed by atoms with E-state index in [0.717, 1.165) is 17.5 Å². The van der Waals surface area contributed by atoms with Gasteiger partial charge in [-0.05, 0) is 42.8 Å². The van der Waals surface area contributed by atoms with Crippen molar-refractivity contribution in [1.29, 1.82) is 0 Å². The number of aromatic nitrogens is 1. The number of hydrogen-bond acceptors (Lipinski definition) is 3. The molecule has 0 fully saturated rings. The zero-order valence-corrected chi connectivity index (χ0v) is 15.6. The fraction of sp³-hybridized carbons (Fsp3) is 0.286. The number of halogens is 2. The number of likely N-dealkylation sites (N-methyl/N-ethyl adjacent to an activating group) is 1. The van der Waals surface area contributed by atoms with Crippen molar-refractivity contribution in [2.45, 2.75) is 19.6 Å². The molecule has 0 spiro atoms. The average Bonchev–Trinajstić information content (AvgIpc) is 3.06. The number of aromatic amines is 1. The van der Waals surface area contributed by atoms with Gasteiger partial charge in [0.15, 0.2) is 0 Å². The van der Waals surface area contributed by atoms with E-state index in [9.17, 15) is 13.6 Å². The Labute approximate surface area is 162 Å². The molecule has 0 saturated carbocycles. The van der Waals surface area contributed by atoms with Gasteiger partial charge in [0.2, 0.25) is 5.91 Å². The Bertz CT molecular complexity index is 909. The molecule has 1 aromatic heterocycles. The highest BCUT2D eigenvalue weighted by molar-refractivity contribution is 5.83. The summed E-state index contributed by atoms with van der Waals surface area (Å²) in [6.07, 6.45) is 2.73. The van der Waals surface area contributed by atoms with E-state index in [0.29, 0.717) is 13.1 Å². The molecule has 3 rings (SSSR count). The van der Waals surface area contributed by atoms with Crippen LogP contribution in [0, 0.1) is 0 Å². The molecule has 28 heavy (non-hydrogen) atoms. The van der Waals surface area contributed by atoms with Crippen molar-refractivity contribution in [3.8, 4) is 5.75 Å². The van der Waals surface area contributed by atoms with Gasteiger partial charge < -0.3 is 15.0 Å². The predicted octanol–water partition coefficient (Wildman–Crippen LogP) is 3.56. The molecule has 1 amide bonds. The van der Waals surface area contributed by atoms with Crippen LogP contribution in [0.3, 0.4) is 0 Å². The van der Waals surface area contributed by atoms with Crippen molar-refractivity contribution < 1.29 is 18.3 Å². The largest absolute Gasteiger partial charge is 0.435 e. The minimum Gasteiger partial charge on any atom is -0.435 e. The molecule has 2 aromatic carbocycles. The van der Waals surface area contributed by atoms with E-state index in [1.807, 2.05) is 36.3 Å². The number of nitrogens with one attached hydrogen (secondary N) is 2. The number of alkyl halides is 2. The molecule has 0 saturated heterocycles. The third-order valence-corrected chi connectivity index (χ3v) is 4.41. The monoisotopic (exact) mass is 387 g/mol. The fourth-order valence-corrected chi connectivity index (χ4v) is 3.12. The van der Waals surface area contributed by atoms with Gasteiger partial charge in [0, 0.05) is 30.2 Å². The molecule has 0 radical (unpaired) electrons. The Morgan fingerprint density at radius 2 is 1.93 bits per heavy atom. The third-order valence-electron chi connectivity index (χ3n) is 4.41. The topological polar surface area (TPSA) is 57.4 Å². The molecule has 1 heterocycles. The summed E-state index contributed by atoms with van der Waals surface area (Å²) in [6.45, 7) is -1.48. The number of carbonyl (C=O) groups is 1. The summed E-state index contributed by atoms with van der Waals surface area (Å²) in [5.41, 5.74) is 3.18. The smallest absolute Gasteiger partial charge is 0.387 e. The Hall–Kier alpha value is -2.93. The lowest BCUT2D eigenvalue weighted by molar-refractivity contribution is -0.122. The quantitative estimate of drug-likeness (QED) is 0.590. The molecule has 0 aliphatic carbocycles. The van der Waals surface area contributed by atoms with Gasteiger partial charge in [-0.25, -0.2) is 0 Å². The predicted molar refractivity (Wildman–Crippen MR) is 104 cm³/mol. The normalized spacial score (nSPS) is 11.3. The number of ether oxygens (including phenoxy) is 1. The van der Waals surface area contributed by atoms with Crippen LogP contribution in [-0.4, -0.2) is 42.5 Å². The maximum atomic E-state index is 12.2. The summed E-state index contributed by atoms with van der Waals surface area (Å²) in [5, 5.41) is 4.11. The van der Waals surface area contributed by atoms with Crippen LogP contribution in [0.4, 0.5) is 8.78 Å². The minimum absolute atomic E-state index is 0.0556. The zero-order chi connectivity index (χ0) is 19.9. The van der Waals surface area contributed by atoms with Gasteiger partial charge in [-0.3, -0.25) is 9.69 Å². The lowest BCUT2D eigenvalue weighted by atomic mass is 10.1. The second kappa shape index (κ2) is 9.32. The van der Waals surface area contributed by atoms with E-state index in [4.69, 9.17) is 0 Å². The SMILES string of the molecule is CN(CC(=O)NCCc1c[nH]c2ccccc12)Cc1ccc(OC(F)F)cc1. The molecule has 3 aromatic rings. The molecule has 0 bridgehead atoms. The summed E-state index contributed by atoms with van der Waals surface area (Å²) in [4.78, 5) is 17.2. The van der Waals surface area contributed by atoms with Gasteiger partial charge in [-0.15, -0.1) is 0 Å². The molecule has 0 aliphatic heterocycles. The van der Waals surface area contributed by atoms with Crippen molar-refractivity contribution in [2.24, 2.45) is 0 Å². The van der Waals surface area contributed by atoms with Gasteiger partial charge in [-0.2, -0.15) is 8.78 Å². The van der Waals surface area contributed by atoms with Crippen molar-refractivity contribution in [2.75, 3.05) is 20.1 Å². The highest BCUT2D eigenvalue weighted by Crippen LogP contribution is 2.18. The summed E-state index contributed by atoms with van der Waals surface area (Å²) >= 11 is 0. The Kier molecular flexibility index (Phi) is 6.60. The first kappa shape index (κ1) is 19.8. The van der Waals surface area contributed by atoms with Crippen LogP contribution < -0.4 is 10.1 Å². The first-order valence-corrected chi connectivity index (χ1v) is 9.05. The van der Waals surface area contributed by atoms with Gasteiger partial charge >= 0.3 is 6.61 Å². The Morgan fingerprint density at radius 3 is 2.68 bits per heavy atom. The Balaban J connectivity index is 1.41. The van der Waals surface area contributed by atoms with Crippen LogP contribution in [0.2, 0.25) is 0 Å². The fourth-order valence-electron chi connectivity index (χ4n) is 3.12. The van der Waals surface area contributed by atoms with Crippen LogP contribution >= 0.6 is 0 Å². The maximum Gasteiger partial charge on any atom is 0.387 e. The third kappa shape index (κ3) is 5.53. The molecule has 5 nitrogen and oxygen atoms in total. The summed E-state index contributed by atoms with van der Waals surface area (Å²) < 4.78 is 28.7. The summed E-state index contributed by atoms with van der Waals surface area (Å²) in [5.74, 6) is 0.0661. The summed E-state index contributed by atoms with van der Waals surface area (Å²) in [7, 11) is 1.84. The first-order chi connectivity index (χ1) is 13.5. The highest BCUT2D eigenvalue weighted by atomic mass is 19.3. The maximum absolute atomic E-state index is 12.2. The zero-order valence-electron chi connectivity index (χ0n) is 15.6. The average molecular weight is 387 g/mol. The number of para-hydroxylation sites is 1. The van der Waals surface area contributed by atoms with Crippen molar-refractivity contribution in [1.82, 2.24) is 15.2 Å². The molecule has 148 valence electrons. The number of carbonyl (C=O) groups excluding carboxylic acids is 1. The molecule has 7 heteroatoms. The molecule has 0 unspecified atom stereocenters. The molecule has 2 N–H and O–H groups in total.